The molecule has 1 heterocycles. The molecule has 5 rings (SSSR count). The number of allylic oxidation sites excluding steroid dienone is 3. The summed E-state index contributed by atoms with van der Waals surface area (Å²) in [6.07, 6.45) is 0.962. The predicted octanol–water partition coefficient (Wildman–Crippen LogP) is 6.41. The van der Waals surface area contributed by atoms with Gasteiger partial charge in [0.05, 0.1) is 20.8 Å². The topological polar surface area (TPSA) is 85.9 Å². The number of dihydropyridines is 1. The summed E-state index contributed by atoms with van der Waals surface area (Å²) in [6, 6.07) is 21.2. The Balaban J connectivity index is 1.55. The minimum Gasteiger partial charge on any atom is -0.494 e. The van der Waals surface area contributed by atoms with E-state index in [9.17, 15) is 9.59 Å². The number of carbonyl (C=O) groups is 2. The first-order chi connectivity index (χ1) is 19.8. The van der Waals surface area contributed by atoms with E-state index < -0.39 is 5.92 Å². The lowest BCUT2D eigenvalue weighted by molar-refractivity contribution is -0.116. The number of benzene rings is 3. The summed E-state index contributed by atoms with van der Waals surface area (Å²) in [5, 5.41) is 6.55. The molecule has 3 aromatic carbocycles. The maximum Gasteiger partial charge on any atom is 0.254 e. The molecule has 7 heteroatoms. The van der Waals surface area contributed by atoms with Gasteiger partial charge >= 0.3 is 0 Å². The van der Waals surface area contributed by atoms with Crippen molar-refractivity contribution in [2.45, 2.75) is 45.4 Å². The molecule has 0 fully saturated rings. The van der Waals surface area contributed by atoms with Gasteiger partial charge in [0.25, 0.3) is 5.91 Å². The first kappa shape index (κ1) is 28.0. The highest BCUT2D eigenvalue weighted by Gasteiger charge is 2.41. The van der Waals surface area contributed by atoms with Crippen LogP contribution in [0, 0.1) is 6.92 Å². The van der Waals surface area contributed by atoms with Crippen LogP contribution in [0.3, 0.4) is 0 Å². The lowest BCUT2D eigenvalue weighted by Crippen LogP contribution is -2.37. The zero-order chi connectivity index (χ0) is 29.1. The van der Waals surface area contributed by atoms with Crippen molar-refractivity contribution in [2.24, 2.45) is 0 Å². The summed E-state index contributed by atoms with van der Waals surface area (Å²) < 4.78 is 16.6. The molecule has 1 aliphatic heterocycles. The van der Waals surface area contributed by atoms with Crippen LogP contribution in [-0.2, 0) is 9.59 Å². The number of amides is 1. The first-order valence-electron chi connectivity index (χ1n) is 13.9. The Hall–Kier alpha value is -4.52. The van der Waals surface area contributed by atoms with Crippen LogP contribution in [-0.4, -0.2) is 32.5 Å². The third kappa shape index (κ3) is 5.57. The standard InChI is InChI=1S/C34H36N2O5/c1-6-41-25-14-11-22(12-15-25)32-31(34(38)36-26-10-8-7-9-20(26)2)21(3)35-27-17-24(18-28(37)33(27)32)23-13-16-29(39-4)30(19-23)40-5/h7-16,19,24,32,35H,6,17-18H2,1-5H3,(H,36,38)/t24-,32-/m0/s1. The van der Waals surface area contributed by atoms with Crippen molar-refractivity contribution >= 4 is 17.4 Å². The fourth-order valence-electron chi connectivity index (χ4n) is 5.84. The van der Waals surface area contributed by atoms with Crippen LogP contribution in [0.2, 0.25) is 0 Å². The Morgan fingerprint density at radius 1 is 0.927 bits per heavy atom. The number of hydrogen-bond donors (Lipinski definition) is 2. The Bertz CT molecular complexity index is 1540. The molecule has 2 atom stereocenters. The molecule has 3 aromatic rings. The van der Waals surface area contributed by atoms with Crippen LogP contribution in [0.25, 0.3) is 0 Å². The number of para-hydroxylation sites is 1. The minimum atomic E-state index is -0.509. The number of aryl methyl sites for hydroxylation is 1. The van der Waals surface area contributed by atoms with Gasteiger partial charge in [-0.25, -0.2) is 0 Å². The van der Waals surface area contributed by atoms with E-state index in [0.29, 0.717) is 42.1 Å². The Morgan fingerprint density at radius 2 is 1.63 bits per heavy atom. The van der Waals surface area contributed by atoms with Crippen LogP contribution in [0.5, 0.6) is 17.2 Å². The van der Waals surface area contributed by atoms with Crippen molar-refractivity contribution in [3.8, 4) is 17.2 Å². The second-order valence-corrected chi connectivity index (χ2v) is 10.4. The molecule has 0 aromatic heterocycles. The summed E-state index contributed by atoms with van der Waals surface area (Å²) in [6.45, 7) is 6.36. The molecule has 0 saturated heterocycles. The van der Waals surface area contributed by atoms with Gasteiger partial charge in [0, 0.05) is 40.6 Å². The Morgan fingerprint density at radius 3 is 2.32 bits per heavy atom. The molecule has 0 radical (unpaired) electrons. The summed E-state index contributed by atoms with van der Waals surface area (Å²) in [7, 11) is 3.21. The van der Waals surface area contributed by atoms with Gasteiger partial charge in [-0.15, -0.1) is 0 Å². The van der Waals surface area contributed by atoms with Crippen molar-refractivity contribution in [2.75, 3.05) is 26.1 Å². The number of ketones is 1. The first-order valence-corrected chi connectivity index (χ1v) is 13.9. The van der Waals surface area contributed by atoms with E-state index in [2.05, 4.69) is 10.6 Å². The zero-order valence-electron chi connectivity index (χ0n) is 24.2. The minimum absolute atomic E-state index is 0.0195. The predicted molar refractivity (Wildman–Crippen MR) is 160 cm³/mol. The highest BCUT2D eigenvalue weighted by Crippen LogP contribution is 2.46. The van der Waals surface area contributed by atoms with Crippen molar-refractivity contribution in [3.63, 3.8) is 0 Å². The third-order valence-electron chi connectivity index (χ3n) is 7.87. The average molecular weight is 553 g/mol. The van der Waals surface area contributed by atoms with Crippen LogP contribution in [0.15, 0.2) is 89.3 Å². The lowest BCUT2D eigenvalue weighted by Gasteiger charge is -2.37. The molecule has 212 valence electrons. The van der Waals surface area contributed by atoms with E-state index >= 15 is 0 Å². The number of nitrogens with one attached hydrogen (secondary N) is 2. The summed E-state index contributed by atoms with van der Waals surface area (Å²) >= 11 is 0. The molecular weight excluding hydrogens is 516 g/mol. The highest BCUT2D eigenvalue weighted by molar-refractivity contribution is 6.10. The number of anilines is 1. The number of ether oxygens (including phenoxy) is 3. The van der Waals surface area contributed by atoms with Gasteiger partial charge in [0.15, 0.2) is 17.3 Å². The smallest absolute Gasteiger partial charge is 0.254 e. The van der Waals surface area contributed by atoms with Gasteiger partial charge in [0.1, 0.15) is 5.75 Å². The van der Waals surface area contributed by atoms with Gasteiger partial charge < -0.3 is 24.8 Å². The number of Topliss-reactive ketones (excluding diaryl/α,β-unsaturated/α-hetero) is 1. The summed E-state index contributed by atoms with van der Waals surface area (Å²) in [5.74, 6) is 1.26. The molecular formula is C34H36N2O5. The normalized spacial score (nSPS) is 18.4. The molecule has 7 nitrogen and oxygen atoms in total. The molecule has 0 unspecified atom stereocenters. The van der Waals surface area contributed by atoms with E-state index in [0.717, 1.165) is 39.5 Å². The van der Waals surface area contributed by atoms with Gasteiger partial charge in [0.2, 0.25) is 0 Å². The van der Waals surface area contributed by atoms with Gasteiger partial charge in [-0.3, -0.25) is 9.59 Å². The monoisotopic (exact) mass is 552 g/mol. The van der Waals surface area contributed by atoms with Crippen molar-refractivity contribution in [1.82, 2.24) is 5.32 Å². The van der Waals surface area contributed by atoms with E-state index in [-0.39, 0.29) is 17.6 Å². The molecule has 2 aliphatic rings. The van der Waals surface area contributed by atoms with E-state index in [4.69, 9.17) is 14.2 Å². The molecule has 1 amide bonds. The third-order valence-corrected chi connectivity index (χ3v) is 7.87. The number of methoxy groups -OCH3 is 2. The molecule has 41 heavy (non-hydrogen) atoms. The number of hydrogen-bond acceptors (Lipinski definition) is 6. The van der Waals surface area contributed by atoms with Crippen LogP contribution in [0.4, 0.5) is 5.69 Å². The van der Waals surface area contributed by atoms with Crippen molar-refractivity contribution < 1.29 is 23.8 Å². The molecule has 0 bridgehead atoms. The van der Waals surface area contributed by atoms with Gasteiger partial charge in [-0.05, 0) is 80.1 Å². The van der Waals surface area contributed by atoms with Crippen molar-refractivity contribution in [1.29, 1.82) is 0 Å². The molecule has 1 aliphatic carbocycles. The Kier molecular flexibility index (Phi) is 8.15. The number of rotatable bonds is 8. The van der Waals surface area contributed by atoms with Crippen molar-refractivity contribution in [3.05, 3.63) is 106 Å². The molecule has 0 spiro atoms. The SMILES string of the molecule is CCOc1ccc([C@H]2C(C(=O)Nc3ccccc3C)=C(C)NC3=C2C(=O)C[C@@H](c2ccc(OC)c(OC)c2)C3)cc1. The molecule has 0 saturated carbocycles. The number of carbonyl (C=O) groups excluding carboxylic acids is 2. The zero-order valence-corrected chi connectivity index (χ0v) is 24.2. The van der Waals surface area contributed by atoms with Crippen LogP contribution in [0.1, 0.15) is 55.2 Å². The fraction of sp³-hybridized carbons (Fsp3) is 0.294. The van der Waals surface area contributed by atoms with Crippen LogP contribution >= 0.6 is 0 Å². The quantitative estimate of drug-likeness (QED) is 0.336. The van der Waals surface area contributed by atoms with Gasteiger partial charge in [-0.1, -0.05) is 36.4 Å². The largest absolute Gasteiger partial charge is 0.494 e. The maximum atomic E-state index is 14.0. The van der Waals surface area contributed by atoms with E-state index in [1.165, 1.54) is 0 Å². The van der Waals surface area contributed by atoms with E-state index in [1.807, 2.05) is 87.5 Å². The van der Waals surface area contributed by atoms with E-state index in [1.54, 1.807) is 14.2 Å². The van der Waals surface area contributed by atoms with Gasteiger partial charge in [-0.2, -0.15) is 0 Å². The second-order valence-electron chi connectivity index (χ2n) is 10.4. The Labute approximate surface area is 241 Å². The maximum absolute atomic E-state index is 14.0. The molecule has 2 N–H and O–H groups in total. The highest BCUT2D eigenvalue weighted by atomic mass is 16.5. The lowest BCUT2D eigenvalue weighted by atomic mass is 9.71. The average Bonchev–Trinajstić information content (AvgIpc) is 2.97. The fourth-order valence-corrected chi connectivity index (χ4v) is 5.84. The summed E-state index contributed by atoms with van der Waals surface area (Å²) in [4.78, 5) is 27.9. The second kappa shape index (κ2) is 11.9. The summed E-state index contributed by atoms with van der Waals surface area (Å²) in [5.41, 5.74) is 6.35. The van der Waals surface area contributed by atoms with Crippen LogP contribution < -0.4 is 24.8 Å².